The maximum atomic E-state index is 13.2. The van der Waals surface area contributed by atoms with E-state index in [-0.39, 0.29) is 23.8 Å². The molecule has 0 bridgehead atoms. The number of amides is 1. The van der Waals surface area contributed by atoms with Crippen molar-refractivity contribution in [3.63, 3.8) is 0 Å². The van der Waals surface area contributed by atoms with E-state index in [1.807, 2.05) is 24.0 Å². The number of nitrogens with zero attached hydrogens (tertiary/aromatic N) is 2. The zero-order valence-electron chi connectivity index (χ0n) is 15.9. The number of benzene rings is 1. The van der Waals surface area contributed by atoms with Gasteiger partial charge in [0.05, 0.1) is 10.8 Å². The number of carbonyl (C=O) groups is 1. The second-order valence-electron chi connectivity index (χ2n) is 8.17. The zero-order chi connectivity index (χ0) is 19.1. The molecule has 1 amide bonds. The predicted molar refractivity (Wildman–Crippen MR) is 102 cm³/mol. The first kappa shape index (κ1) is 18.9. The van der Waals surface area contributed by atoms with Crippen LogP contribution < -0.4 is 0 Å². The van der Waals surface area contributed by atoms with Crippen molar-refractivity contribution in [2.75, 3.05) is 39.4 Å². The van der Waals surface area contributed by atoms with E-state index in [1.165, 1.54) is 0 Å². The Balaban J connectivity index is 1.63. The molecule has 7 heteroatoms. The Labute approximate surface area is 161 Å². The molecule has 0 aromatic heterocycles. The summed E-state index contributed by atoms with van der Waals surface area (Å²) in [6.07, 6.45) is 3.58. The molecule has 148 valence electrons. The first-order chi connectivity index (χ1) is 12.9. The van der Waals surface area contributed by atoms with E-state index < -0.39 is 10.0 Å². The van der Waals surface area contributed by atoms with Crippen LogP contribution in [0.4, 0.5) is 0 Å². The van der Waals surface area contributed by atoms with Gasteiger partial charge in [-0.05, 0) is 44.7 Å². The number of carbonyl (C=O) groups excluding carboxylic acids is 1. The summed E-state index contributed by atoms with van der Waals surface area (Å²) in [5.41, 5.74) is 0.730. The van der Waals surface area contributed by atoms with Gasteiger partial charge < -0.3 is 9.64 Å². The Morgan fingerprint density at radius 2 is 1.74 bits per heavy atom. The lowest BCUT2D eigenvalue weighted by Crippen LogP contribution is -2.45. The fourth-order valence-corrected chi connectivity index (χ4v) is 6.30. The molecule has 3 fully saturated rings. The van der Waals surface area contributed by atoms with Crippen molar-refractivity contribution in [2.45, 2.75) is 37.5 Å². The standard InChI is InChI=1S/C20H28N2O4S/c1-16-4-6-17(7-5-16)27(24,25)22-14-18(19(23)21-10-2-3-11-21)20(15-22)8-12-26-13-9-20/h4-7,18H,2-3,8-15H2,1H3/t18-/m1/s1. The van der Waals surface area contributed by atoms with Gasteiger partial charge in [0.1, 0.15) is 0 Å². The van der Waals surface area contributed by atoms with E-state index in [2.05, 4.69) is 0 Å². The summed E-state index contributed by atoms with van der Waals surface area (Å²) < 4.78 is 33.5. The van der Waals surface area contributed by atoms with Crippen LogP contribution in [-0.4, -0.2) is 62.9 Å². The van der Waals surface area contributed by atoms with Gasteiger partial charge in [-0.15, -0.1) is 0 Å². The Hall–Kier alpha value is -1.44. The average Bonchev–Trinajstić information content (AvgIpc) is 3.31. The lowest BCUT2D eigenvalue weighted by Gasteiger charge is -2.38. The molecule has 6 nitrogen and oxygen atoms in total. The van der Waals surface area contributed by atoms with Crippen LogP contribution in [0.3, 0.4) is 0 Å². The van der Waals surface area contributed by atoms with E-state index in [4.69, 9.17) is 4.74 Å². The molecule has 1 aromatic carbocycles. The number of sulfonamides is 1. The van der Waals surface area contributed by atoms with E-state index in [0.717, 1.165) is 44.3 Å². The molecule has 1 aromatic rings. The lowest BCUT2D eigenvalue weighted by atomic mass is 9.71. The summed E-state index contributed by atoms with van der Waals surface area (Å²) in [6.45, 7) is 5.43. The largest absolute Gasteiger partial charge is 0.381 e. The third-order valence-electron chi connectivity index (χ3n) is 6.48. The number of likely N-dealkylation sites (tertiary alicyclic amines) is 1. The first-order valence-corrected chi connectivity index (χ1v) is 11.3. The number of aryl methyl sites for hydroxylation is 1. The molecule has 0 saturated carbocycles. The van der Waals surface area contributed by atoms with Crippen molar-refractivity contribution in [3.8, 4) is 0 Å². The highest BCUT2D eigenvalue weighted by Gasteiger charge is 2.54. The van der Waals surface area contributed by atoms with Gasteiger partial charge in [-0.1, -0.05) is 17.7 Å². The van der Waals surface area contributed by atoms with Gasteiger partial charge in [0.15, 0.2) is 0 Å². The Kier molecular flexibility index (Phi) is 5.03. The molecular formula is C20H28N2O4S. The number of rotatable bonds is 3. The summed E-state index contributed by atoms with van der Waals surface area (Å²) in [5.74, 6) is -0.129. The fourth-order valence-electron chi connectivity index (χ4n) is 4.75. The maximum Gasteiger partial charge on any atom is 0.243 e. The zero-order valence-corrected chi connectivity index (χ0v) is 16.7. The summed E-state index contributed by atoms with van der Waals surface area (Å²) in [6, 6.07) is 6.97. The van der Waals surface area contributed by atoms with Crippen LogP contribution in [0.15, 0.2) is 29.2 Å². The SMILES string of the molecule is Cc1ccc(S(=O)(=O)N2C[C@H](C(=O)N3CCCC3)C3(CCOCC3)C2)cc1. The van der Waals surface area contributed by atoms with E-state index in [1.54, 1.807) is 16.4 Å². The van der Waals surface area contributed by atoms with Crippen molar-refractivity contribution < 1.29 is 17.9 Å². The molecule has 0 unspecified atom stereocenters. The third kappa shape index (κ3) is 3.41. The van der Waals surface area contributed by atoms with Gasteiger partial charge in [0.2, 0.25) is 15.9 Å². The fraction of sp³-hybridized carbons (Fsp3) is 0.650. The normalized spacial score (nSPS) is 26.0. The molecule has 3 saturated heterocycles. The van der Waals surface area contributed by atoms with Crippen molar-refractivity contribution in [2.24, 2.45) is 11.3 Å². The Morgan fingerprint density at radius 1 is 1.11 bits per heavy atom. The minimum Gasteiger partial charge on any atom is -0.381 e. The van der Waals surface area contributed by atoms with Gasteiger partial charge in [-0.3, -0.25) is 4.79 Å². The topological polar surface area (TPSA) is 66.9 Å². The minimum atomic E-state index is -3.60. The van der Waals surface area contributed by atoms with Gasteiger partial charge in [-0.25, -0.2) is 8.42 Å². The number of hydrogen-bond donors (Lipinski definition) is 0. The second kappa shape index (κ2) is 7.18. The smallest absolute Gasteiger partial charge is 0.243 e. The molecule has 3 heterocycles. The molecule has 1 spiro atoms. The summed E-state index contributed by atoms with van der Waals surface area (Å²) in [5, 5.41) is 0. The van der Waals surface area contributed by atoms with Crippen LogP contribution in [0.25, 0.3) is 0 Å². The summed E-state index contributed by atoms with van der Waals surface area (Å²) in [7, 11) is -3.60. The van der Waals surface area contributed by atoms with Gasteiger partial charge in [0, 0.05) is 44.8 Å². The third-order valence-corrected chi connectivity index (χ3v) is 8.31. The van der Waals surface area contributed by atoms with Crippen LogP contribution in [-0.2, 0) is 19.6 Å². The Morgan fingerprint density at radius 3 is 2.37 bits per heavy atom. The van der Waals surface area contributed by atoms with Crippen molar-refractivity contribution in [1.82, 2.24) is 9.21 Å². The highest BCUT2D eigenvalue weighted by Crippen LogP contribution is 2.46. The monoisotopic (exact) mass is 392 g/mol. The molecule has 1 atom stereocenters. The second-order valence-corrected chi connectivity index (χ2v) is 10.1. The van der Waals surface area contributed by atoms with Gasteiger partial charge >= 0.3 is 0 Å². The van der Waals surface area contributed by atoms with Crippen LogP contribution in [0.2, 0.25) is 0 Å². The number of ether oxygens (including phenoxy) is 1. The van der Waals surface area contributed by atoms with E-state index >= 15 is 0 Å². The average molecular weight is 393 g/mol. The van der Waals surface area contributed by atoms with E-state index in [0.29, 0.717) is 24.7 Å². The van der Waals surface area contributed by atoms with Crippen molar-refractivity contribution >= 4 is 15.9 Å². The molecular weight excluding hydrogens is 364 g/mol. The summed E-state index contributed by atoms with van der Waals surface area (Å²) in [4.78, 5) is 15.5. The lowest BCUT2D eigenvalue weighted by molar-refractivity contribution is -0.139. The molecule has 3 aliphatic rings. The first-order valence-electron chi connectivity index (χ1n) is 9.86. The quantitative estimate of drug-likeness (QED) is 0.789. The van der Waals surface area contributed by atoms with Crippen LogP contribution in [0.5, 0.6) is 0 Å². The maximum absolute atomic E-state index is 13.2. The molecule has 0 aliphatic carbocycles. The van der Waals surface area contributed by atoms with Crippen LogP contribution in [0, 0.1) is 18.3 Å². The molecule has 0 radical (unpaired) electrons. The van der Waals surface area contributed by atoms with Crippen LogP contribution in [0.1, 0.15) is 31.2 Å². The van der Waals surface area contributed by atoms with Crippen molar-refractivity contribution in [3.05, 3.63) is 29.8 Å². The summed E-state index contributed by atoms with van der Waals surface area (Å²) >= 11 is 0. The molecule has 3 aliphatic heterocycles. The van der Waals surface area contributed by atoms with Gasteiger partial charge in [-0.2, -0.15) is 4.31 Å². The van der Waals surface area contributed by atoms with Crippen LogP contribution >= 0.6 is 0 Å². The molecule has 4 rings (SSSR count). The van der Waals surface area contributed by atoms with E-state index in [9.17, 15) is 13.2 Å². The molecule has 27 heavy (non-hydrogen) atoms. The highest BCUT2D eigenvalue weighted by molar-refractivity contribution is 7.89. The Bertz CT molecular complexity index is 794. The van der Waals surface area contributed by atoms with Crippen molar-refractivity contribution in [1.29, 1.82) is 0 Å². The highest BCUT2D eigenvalue weighted by atomic mass is 32.2. The molecule has 0 N–H and O–H groups in total. The number of hydrogen-bond acceptors (Lipinski definition) is 4. The minimum absolute atomic E-state index is 0.135. The van der Waals surface area contributed by atoms with Gasteiger partial charge in [0.25, 0.3) is 0 Å². The predicted octanol–water partition coefficient (Wildman–Crippen LogP) is 2.03.